The van der Waals surface area contributed by atoms with Crippen molar-refractivity contribution in [2.45, 2.75) is 18.6 Å². The highest BCUT2D eigenvalue weighted by Gasteiger charge is 2.10. The van der Waals surface area contributed by atoms with E-state index in [0.717, 1.165) is 6.42 Å². The summed E-state index contributed by atoms with van der Waals surface area (Å²) in [6.45, 7) is 2.67. The van der Waals surface area contributed by atoms with Crippen molar-refractivity contribution in [3.8, 4) is 0 Å². The van der Waals surface area contributed by atoms with Gasteiger partial charge in [0.2, 0.25) is 5.91 Å². The van der Waals surface area contributed by atoms with Crippen LogP contribution in [0.15, 0.2) is 12.3 Å². The Kier molecular flexibility index (Phi) is 6.78. The summed E-state index contributed by atoms with van der Waals surface area (Å²) >= 11 is 13.2. The number of nitrogens with zero attached hydrogens (tertiary/aromatic N) is 1. The van der Waals surface area contributed by atoms with Gasteiger partial charge in [-0.25, -0.2) is 4.98 Å². The Labute approximate surface area is 121 Å². The van der Waals surface area contributed by atoms with Gasteiger partial charge >= 0.3 is 0 Å². The molecule has 0 radical (unpaired) electrons. The molecule has 0 aliphatic carbocycles. The molecule has 0 fully saturated rings. The standard InChI is InChI=1S/C11H15Cl2N3OS/c1-7(2-3-14)18-6-10(17)16-11-9(13)4-8(12)5-15-11/h4-5,7H,2-3,6,14H2,1H3,(H,15,16,17). The van der Waals surface area contributed by atoms with Crippen molar-refractivity contribution in [3.63, 3.8) is 0 Å². The number of carbonyl (C=O) groups excluding carboxylic acids is 1. The maximum atomic E-state index is 11.7. The van der Waals surface area contributed by atoms with Gasteiger partial charge in [0.1, 0.15) is 0 Å². The largest absolute Gasteiger partial charge is 0.330 e. The fourth-order valence-electron chi connectivity index (χ4n) is 1.21. The Morgan fingerprint density at radius 1 is 1.61 bits per heavy atom. The van der Waals surface area contributed by atoms with Gasteiger partial charge in [-0.15, -0.1) is 11.8 Å². The Morgan fingerprint density at radius 3 is 2.94 bits per heavy atom. The van der Waals surface area contributed by atoms with Crippen LogP contribution in [0.3, 0.4) is 0 Å². The number of pyridine rings is 1. The van der Waals surface area contributed by atoms with Crippen LogP contribution < -0.4 is 11.1 Å². The van der Waals surface area contributed by atoms with Gasteiger partial charge in [0, 0.05) is 11.4 Å². The van der Waals surface area contributed by atoms with Crippen LogP contribution in [-0.2, 0) is 4.79 Å². The molecule has 3 N–H and O–H groups in total. The molecule has 0 saturated heterocycles. The predicted octanol–water partition coefficient (Wildman–Crippen LogP) is 2.80. The van der Waals surface area contributed by atoms with Gasteiger partial charge in [-0.2, -0.15) is 0 Å². The number of thioether (sulfide) groups is 1. The summed E-state index contributed by atoms with van der Waals surface area (Å²) in [5, 5.41) is 3.76. The van der Waals surface area contributed by atoms with Crippen LogP contribution in [0.25, 0.3) is 0 Å². The van der Waals surface area contributed by atoms with Crippen LogP contribution in [-0.4, -0.2) is 28.4 Å². The molecule has 4 nitrogen and oxygen atoms in total. The van der Waals surface area contributed by atoms with E-state index >= 15 is 0 Å². The minimum Gasteiger partial charge on any atom is -0.330 e. The molecule has 0 aliphatic rings. The molecule has 0 aliphatic heterocycles. The van der Waals surface area contributed by atoms with E-state index in [1.165, 1.54) is 12.3 Å². The zero-order valence-corrected chi connectivity index (χ0v) is 12.3. The van der Waals surface area contributed by atoms with Gasteiger partial charge in [0.05, 0.1) is 15.8 Å². The fraction of sp³-hybridized carbons (Fsp3) is 0.455. The summed E-state index contributed by atoms with van der Waals surface area (Å²) in [5.74, 6) is 0.542. The van der Waals surface area contributed by atoms with Crippen molar-refractivity contribution in [2.75, 3.05) is 17.6 Å². The first-order chi connectivity index (χ1) is 8.52. The van der Waals surface area contributed by atoms with E-state index in [1.54, 1.807) is 11.8 Å². The minimum atomic E-state index is -0.138. The lowest BCUT2D eigenvalue weighted by molar-refractivity contribution is -0.113. The highest BCUT2D eigenvalue weighted by Crippen LogP contribution is 2.23. The van der Waals surface area contributed by atoms with Gasteiger partial charge in [-0.05, 0) is 19.0 Å². The van der Waals surface area contributed by atoms with Gasteiger partial charge in [-0.1, -0.05) is 30.1 Å². The third kappa shape index (κ3) is 5.44. The number of aromatic nitrogens is 1. The molecule has 1 rings (SSSR count). The number of nitrogens with two attached hydrogens (primary N) is 1. The molecule has 18 heavy (non-hydrogen) atoms. The zero-order valence-electron chi connectivity index (χ0n) is 9.95. The Morgan fingerprint density at radius 2 is 2.33 bits per heavy atom. The minimum absolute atomic E-state index is 0.138. The first kappa shape index (κ1) is 15.6. The predicted molar refractivity (Wildman–Crippen MR) is 78.5 cm³/mol. The first-order valence-corrected chi connectivity index (χ1v) is 7.26. The lowest BCUT2D eigenvalue weighted by Gasteiger charge is -2.10. The highest BCUT2D eigenvalue weighted by atomic mass is 35.5. The molecule has 0 spiro atoms. The highest BCUT2D eigenvalue weighted by molar-refractivity contribution is 8.00. The van der Waals surface area contributed by atoms with Crippen LogP contribution in [0.1, 0.15) is 13.3 Å². The third-order valence-electron chi connectivity index (χ3n) is 2.14. The van der Waals surface area contributed by atoms with E-state index < -0.39 is 0 Å². The average molecular weight is 308 g/mol. The second-order valence-corrected chi connectivity index (χ2v) is 6.00. The molecule has 7 heteroatoms. The van der Waals surface area contributed by atoms with Crippen molar-refractivity contribution >= 4 is 46.7 Å². The van der Waals surface area contributed by atoms with Crippen molar-refractivity contribution in [1.29, 1.82) is 0 Å². The van der Waals surface area contributed by atoms with E-state index in [0.29, 0.717) is 33.4 Å². The quantitative estimate of drug-likeness (QED) is 0.848. The van der Waals surface area contributed by atoms with E-state index in [1.807, 2.05) is 6.92 Å². The van der Waals surface area contributed by atoms with Gasteiger partial charge < -0.3 is 11.1 Å². The van der Waals surface area contributed by atoms with Crippen molar-refractivity contribution in [3.05, 3.63) is 22.3 Å². The Bertz CT molecular complexity index is 417. The van der Waals surface area contributed by atoms with Gasteiger partial charge in [0.25, 0.3) is 0 Å². The summed E-state index contributed by atoms with van der Waals surface area (Å²) in [4.78, 5) is 15.6. The SMILES string of the molecule is CC(CCN)SCC(=O)Nc1ncc(Cl)cc1Cl. The molecule has 100 valence electrons. The topological polar surface area (TPSA) is 68.0 Å². The number of nitrogens with one attached hydrogen (secondary N) is 1. The molecule has 1 aromatic rings. The van der Waals surface area contributed by atoms with Crippen molar-refractivity contribution in [2.24, 2.45) is 5.73 Å². The maximum Gasteiger partial charge on any atom is 0.235 e. The lowest BCUT2D eigenvalue weighted by atomic mass is 10.3. The van der Waals surface area contributed by atoms with Crippen LogP contribution in [0.4, 0.5) is 5.82 Å². The van der Waals surface area contributed by atoms with Crippen LogP contribution in [0, 0.1) is 0 Å². The normalized spacial score (nSPS) is 12.2. The molecule has 1 unspecified atom stereocenters. The summed E-state index contributed by atoms with van der Waals surface area (Å²) in [6, 6.07) is 1.54. The monoisotopic (exact) mass is 307 g/mol. The maximum absolute atomic E-state index is 11.7. The fourth-order valence-corrected chi connectivity index (χ4v) is 2.45. The zero-order chi connectivity index (χ0) is 13.5. The van der Waals surface area contributed by atoms with Crippen LogP contribution in [0.5, 0.6) is 0 Å². The van der Waals surface area contributed by atoms with E-state index in [-0.39, 0.29) is 5.91 Å². The number of carbonyl (C=O) groups is 1. The van der Waals surface area contributed by atoms with E-state index in [9.17, 15) is 4.79 Å². The third-order valence-corrected chi connectivity index (χ3v) is 3.87. The molecular weight excluding hydrogens is 293 g/mol. The van der Waals surface area contributed by atoms with Crippen LogP contribution >= 0.6 is 35.0 Å². The van der Waals surface area contributed by atoms with Crippen molar-refractivity contribution < 1.29 is 4.79 Å². The first-order valence-electron chi connectivity index (χ1n) is 5.45. The molecule has 1 heterocycles. The van der Waals surface area contributed by atoms with Gasteiger partial charge in [0.15, 0.2) is 5.82 Å². The Hall–Kier alpha value is -0.490. The molecular formula is C11H15Cl2N3OS. The number of halogens is 2. The number of anilines is 1. The van der Waals surface area contributed by atoms with E-state index in [2.05, 4.69) is 10.3 Å². The molecule has 1 aromatic heterocycles. The second kappa shape index (κ2) is 7.84. The Balaban J connectivity index is 2.44. The number of amides is 1. The molecule has 1 atom stereocenters. The summed E-state index contributed by atoms with van der Waals surface area (Å²) in [7, 11) is 0. The van der Waals surface area contributed by atoms with Gasteiger partial charge in [-0.3, -0.25) is 4.79 Å². The van der Waals surface area contributed by atoms with Crippen molar-refractivity contribution in [1.82, 2.24) is 4.98 Å². The summed E-state index contributed by atoms with van der Waals surface area (Å²) in [6.07, 6.45) is 2.32. The molecule has 1 amide bonds. The van der Waals surface area contributed by atoms with Crippen LogP contribution in [0.2, 0.25) is 10.0 Å². The summed E-state index contributed by atoms with van der Waals surface area (Å²) in [5.41, 5.74) is 5.44. The van der Waals surface area contributed by atoms with E-state index in [4.69, 9.17) is 28.9 Å². The second-order valence-electron chi connectivity index (χ2n) is 3.73. The molecule has 0 aromatic carbocycles. The smallest absolute Gasteiger partial charge is 0.235 e. The lowest BCUT2D eigenvalue weighted by Crippen LogP contribution is -2.17. The summed E-state index contributed by atoms with van der Waals surface area (Å²) < 4.78 is 0. The number of hydrogen-bond donors (Lipinski definition) is 2. The number of hydrogen-bond acceptors (Lipinski definition) is 4. The number of rotatable bonds is 6. The average Bonchev–Trinajstić information content (AvgIpc) is 2.31. The molecule has 0 bridgehead atoms. The molecule has 0 saturated carbocycles.